The molecule has 0 fully saturated rings. The Morgan fingerprint density at radius 2 is 1.60 bits per heavy atom. The van der Waals surface area contributed by atoms with Crippen LogP contribution < -0.4 is 5.32 Å². The molecule has 0 aliphatic carbocycles. The second kappa shape index (κ2) is 10.2. The third-order valence-electron chi connectivity index (χ3n) is 4.92. The van der Waals surface area contributed by atoms with Crippen LogP contribution >= 0.6 is 27.7 Å². The quantitative estimate of drug-likeness (QED) is 0.407. The molecule has 30 heavy (non-hydrogen) atoms. The average Bonchev–Trinajstić information content (AvgIpc) is 2.62. The van der Waals surface area contributed by atoms with Crippen LogP contribution in [0.25, 0.3) is 0 Å². The molecule has 0 saturated carbocycles. The maximum Gasteiger partial charge on any atom is 0.234 e. The van der Waals surface area contributed by atoms with Crippen molar-refractivity contribution < 1.29 is 9.90 Å². The average molecular weight is 493 g/mol. The van der Waals surface area contributed by atoms with Crippen molar-refractivity contribution in [3.8, 4) is 5.75 Å². The van der Waals surface area contributed by atoms with E-state index in [1.54, 1.807) is 11.8 Å². The van der Waals surface area contributed by atoms with Crippen molar-refractivity contribution in [2.75, 3.05) is 16.8 Å². The van der Waals surface area contributed by atoms with Gasteiger partial charge in [-0.25, -0.2) is 0 Å². The summed E-state index contributed by atoms with van der Waals surface area (Å²) in [6.07, 6.45) is 1.93. The SMILES string of the molecule is CC(C)(C)c1cc(CCCSCC(=O)Nc2ccccc2Br)cc(C(C)(C)C)c1O. The molecular weight excluding hydrogens is 458 g/mol. The van der Waals surface area contributed by atoms with Crippen LogP contribution in [-0.2, 0) is 22.0 Å². The standard InChI is InChI=1S/C25H34BrNO2S/c1-24(2,3)18-14-17(15-19(23(18)29)25(4,5)6)10-9-13-30-16-22(28)27-21-12-8-7-11-20(21)26/h7-8,11-12,14-15,29H,9-10,13,16H2,1-6H3,(H,27,28). The first-order valence-electron chi connectivity index (χ1n) is 10.4. The molecule has 0 atom stereocenters. The highest BCUT2D eigenvalue weighted by molar-refractivity contribution is 9.10. The molecule has 3 nitrogen and oxygen atoms in total. The van der Waals surface area contributed by atoms with Gasteiger partial charge in [0.2, 0.25) is 5.91 Å². The number of aromatic hydroxyl groups is 1. The summed E-state index contributed by atoms with van der Waals surface area (Å²) in [5, 5.41) is 13.8. The van der Waals surface area contributed by atoms with E-state index < -0.39 is 0 Å². The minimum Gasteiger partial charge on any atom is -0.507 e. The number of thioether (sulfide) groups is 1. The zero-order chi connectivity index (χ0) is 22.5. The van der Waals surface area contributed by atoms with Gasteiger partial charge < -0.3 is 10.4 Å². The molecule has 0 unspecified atom stereocenters. The van der Waals surface area contributed by atoms with E-state index in [0.717, 1.165) is 39.9 Å². The van der Waals surface area contributed by atoms with Gasteiger partial charge in [-0.05, 0) is 74.2 Å². The number of halogens is 1. The van der Waals surface area contributed by atoms with Crippen LogP contribution in [-0.4, -0.2) is 22.5 Å². The molecule has 2 aromatic rings. The Bertz CT molecular complexity index is 846. The largest absolute Gasteiger partial charge is 0.507 e. The summed E-state index contributed by atoms with van der Waals surface area (Å²) in [6, 6.07) is 11.9. The topological polar surface area (TPSA) is 49.3 Å². The second-order valence-electron chi connectivity index (χ2n) is 9.72. The Labute approximate surface area is 194 Å². The fourth-order valence-corrected chi connectivity index (χ4v) is 4.41. The van der Waals surface area contributed by atoms with Crippen LogP contribution in [0.15, 0.2) is 40.9 Å². The molecule has 2 N–H and O–H groups in total. The zero-order valence-electron chi connectivity index (χ0n) is 18.9. The number of anilines is 1. The highest BCUT2D eigenvalue weighted by Crippen LogP contribution is 2.40. The Kier molecular flexibility index (Phi) is 8.46. The third-order valence-corrected chi connectivity index (χ3v) is 6.66. The Balaban J connectivity index is 1.93. The van der Waals surface area contributed by atoms with Crippen molar-refractivity contribution >= 4 is 39.3 Å². The van der Waals surface area contributed by atoms with Gasteiger partial charge in [-0.1, -0.05) is 65.8 Å². The zero-order valence-corrected chi connectivity index (χ0v) is 21.3. The van der Waals surface area contributed by atoms with Crippen molar-refractivity contribution in [2.24, 2.45) is 0 Å². The molecule has 0 heterocycles. The molecule has 0 spiro atoms. The number of nitrogens with one attached hydrogen (secondary N) is 1. The number of phenols is 1. The molecule has 0 aliphatic rings. The summed E-state index contributed by atoms with van der Waals surface area (Å²) in [6.45, 7) is 12.8. The summed E-state index contributed by atoms with van der Waals surface area (Å²) in [5.74, 6) is 1.80. The number of carbonyl (C=O) groups is 1. The third kappa shape index (κ3) is 7.05. The van der Waals surface area contributed by atoms with E-state index in [1.807, 2.05) is 24.3 Å². The van der Waals surface area contributed by atoms with Gasteiger partial charge in [-0.2, -0.15) is 11.8 Å². The number of para-hydroxylation sites is 1. The highest BCUT2D eigenvalue weighted by atomic mass is 79.9. The van der Waals surface area contributed by atoms with Crippen molar-refractivity contribution in [3.63, 3.8) is 0 Å². The minimum absolute atomic E-state index is 0.0153. The molecule has 0 radical (unpaired) electrons. The lowest BCUT2D eigenvalue weighted by Crippen LogP contribution is -2.18. The van der Waals surface area contributed by atoms with Crippen LogP contribution in [0.1, 0.15) is 64.7 Å². The lowest BCUT2D eigenvalue weighted by molar-refractivity contribution is -0.113. The number of benzene rings is 2. The van der Waals surface area contributed by atoms with Crippen molar-refractivity contribution in [2.45, 2.75) is 65.2 Å². The molecule has 0 aromatic heterocycles. The second-order valence-corrected chi connectivity index (χ2v) is 11.7. The van der Waals surface area contributed by atoms with Crippen LogP contribution in [0.2, 0.25) is 0 Å². The summed E-state index contributed by atoms with van der Waals surface area (Å²) in [4.78, 5) is 12.2. The van der Waals surface area contributed by atoms with Gasteiger partial charge in [-0.15, -0.1) is 0 Å². The first kappa shape index (κ1) is 24.8. The number of hydrogen-bond donors (Lipinski definition) is 2. The van der Waals surface area contributed by atoms with Crippen LogP contribution in [0.5, 0.6) is 5.75 Å². The summed E-state index contributed by atoms with van der Waals surface area (Å²) >= 11 is 5.10. The van der Waals surface area contributed by atoms with Gasteiger partial charge in [0, 0.05) is 4.47 Å². The molecule has 0 aliphatic heterocycles. The maximum atomic E-state index is 12.2. The Morgan fingerprint density at radius 3 is 2.13 bits per heavy atom. The molecule has 0 bridgehead atoms. The van der Waals surface area contributed by atoms with Crippen molar-refractivity contribution in [1.29, 1.82) is 0 Å². The number of hydrogen-bond acceptors (Lipinski definition) is 3. The van der Waals surface area contributed by atoms with E-state index in [-0.39, 0.29) is 16.7 Å². The van der Waals surface area contributed by atoms with Gasteiger partial charge in [0.1, 0.15) is 5.75 Å². The van der Waals surface area contributed by atoms with Crippen LogP contribution in [0.4, 0.5) is 5.69 Å². The van der Waals surface area contributed by atoms with Crippen molar-refractivity contribution in [3.05, 3.63) is 57.6 Å². The van der Waals surface area contributed by atoms with E-state index in [1.165, 1.54) is 5.56 Å². The summed E-state index contributed by atoms with van der Waals surface area (Å²) < 4.78 is 0.889. The van der Waals surface area contributed by atoms with Crippen molar-refractivity contribution in [1.82, 2.24) is 0 Å². The molecule has 0 saturated heterocycles. The molecule has 2 aromatic carbocycles. The summed E-state index contributed by atoms with van der Waals surface area (Å²) in [7, 11) is 0. The molecule has 2 rings (SSSR count). The maximum absolute atomic E-state index is 12.2. The Morgan fingerprint density at radius 1 is 1.03 bits per heavy atom. The molecular formula is C25H34BrNO2S. The Hall–Kier alpha value is -1.46. The minimum atomic E-state index is -0.112. The van der Waals surface area contributed by atoms with E-state index in [9.17, 15) is 9.90 Å². The molecule has 5 heteroatoms. The predicted molar refractivity (Wildman–Crippen MR) is 134 cm³/mol. The number of amides is 1. The number of rotatable bonds is 7. The van der Waals surface area contributed by atoms with Crippen LogP contribution in [0.3, 0.4) is 0 Å². The molecule has 1 amide bonds. The lowest BCUT2D eigenvalue weighted by atomic mass is 9.78. The number of carbonyl (C=O) groups excluding carboxylic acids is 1. The highest BCUT2D eigenvalue weighted by Gasteiger charge is 2.26. The van der Waals surface area contributed by atoms with E-state index in [4.69, 9.17) is 0 Å². The first-order valence-corrected chi connectivity index (χ1v) is 12.3. The fraction of sp³-hybridized carbons (Fsp3) is 0.480. The van der Waals surface area contributed by atoms with Gasteiger partial charge in [0.05, 0.1) is 11.4 Å². The summed E-state index contributed by atoms with van der Waals surface area (Å²) in [5.41, 5.74) is 3.84. The van der Waals surface area contributed by atoms with Gasteiger partial charge in [-0.3, -0.25) is 4.79 Å². The van der Waals surface area contributed by atoms with E-state index >= 15 is 0 Å². The molecule has 164 valence electrons. The smallest absolute Gasteiger partial charge is 0.234 e. The fourth-order valence-electron chi connectivity index (χ4n) is 3.27. The number of phenolic OH excluding ortho intramolecular Hbond substituents is 1. The van der Waals surface area contributed by atoms with E-state index in [0.29, 0.717) is 11.5 Å². The van der Waals surface area contributed by atoms with E-state index in [2.05, 4.69) is 74.9 Å². The monoisotopic (exact) mass is 491 g/mol. The lowest BCUT2D eigenvalue weighted by Gasteiger charge is -2.28. The number of aryl methyl sites for hydroxylation is 1. The van der Waals surface area contributed by atoms with Gasteiger partial charge in [0.25, 0.3) is 0 Å². The predicted octanol–water partition coefficient (Wildman–Crippen LogP) is 7.05. The van der Waals surface area contributed by atoms with Gasteiger partial charge in [0.15, 0.2) is 0 Å². The van der Waals surface area contributed by atoms with Crippen LogP contribution in [0, 0.1) is 0 Å². The first-order chi connectivity index (χ1) is 13.9. The normalized spacial score (nSPS) is 12.1. The van der Waals surface area contributed by atoms with Gasteiger partial charge >= 0.3 is 0 Å².